The summed E-state index contributed by atoms with van der Waals surface area (Å²) in [4.78, 5) is 0. The molecule has 0 aromatic carbocycles. The van der Waals surface area contributed by atoms with E-state index in [-0.39, 0.29) is 0 Å². The van der Waals surface area contributed by atoms with Crippen LogP contribution >= 0.6 is 0 Å². The molecule has 0 rings (SSSR count). The van der Waals surface area contributed by atoms with Crippen LogP contribution in [0.5, 0.6) is 0 Å². The van der Waals surface area contributed by atoms with E-state index in [1.54, 1.807) is 0 Å². The van der Waals surface area contributed by atoms with E-state index < -0.39 is 0 Å². The highest BCUT2D eigenvalue weighted by molar-refractivity contribution is 4.86. The molecule has 0 aliphatic heterocycles. The summed E-state index contributed by atoms with van der Waals surface area (Å²) in [6.07, 6.45) is 9.46. The molecule has 1 unspecified atom stereocenters. The van der Waals surface area contributed by atoms with Crippen molar-refractivity contribution in [2.45, 2.75) is 33.1 Å². The highest BCUT2D eigenvalue weighted by Gasteiger charge is 2.00. The zero-order chi connectivity index (χ0) is 9.23. The molecule has 0 aliphatic carbocycles. The molecule has 0 spiro atoms. The Hall–Kier alpha value is -0.960. The molecule has 12 heavy (non-hydrogen) atoms. The monoisotopic (exact) mass is 162 g/mol. The summed E-state index contributed by atoms with van der Waals surface area (Å²) < 4.78 is 0. The number of allylic oxidation sites excluding steroid dienone is 2. The van der Waals surface area contributed by atoms with Gasteiger partial charge in [0, 0.05) is 0 Å². The summed E-state index contributed by atoms with van der Waals surface area (Å²) in [7, 11) is 0. The lowest BCUT2D eigenvalue weighted by Crippen LogP contribution is -1.93. The lowest BCUT2D eigenvalue weighted by molar-refractivity contribution is 0.524. The topological polar surface area (TPSA) is 0 Å². The van der Waals surface area contributed by atoms with Crippen LogP contribution in [0.15, 0.2) is 36.3 Å². The molecule has 0 fully saturated rings. The summed E-state index contributed by atoms with van der Waals surface area (Å²) >= 11 is 0. The Bertz CT molecular complexity index is 198. The van der Waals surface area contributed by atoms with Gasteiger partial charge in [-0.15, -0.1) is 11.5 Å². The molecule has 0 heteroatoms. The summed E-state index contributed by atoms with van der Waals surface area (Å²) in [6, 6.07) is 0. The minimum Gasteiger partial charge on any atom is -0.133 e. The summed E-state index contributed by atoms with van der Waals surface area (Å²) in [5.74, 6) is 0.728. The van der Waals surface area contributed by atoms with Crippen LogP contribution < -0.4 is 0 Å². The first kappa shape index (κ1) is 11.0. The fourth-order valence-corrected chi connectivity index (χ4v) is 1.03. The van der Waals surface area contributed by atoms with Crippen molar-refractivity contribution in [1.29, 1.82) is 0 Å². The van der Waals surface area contributed by atoms with Gasteiger partial charge in [-0.25, -0.2) is 0 Å². The SMILES string of the molecule is C=C=CCC(CC)CC=C=CC. The number of rotatable bonds is 5. The largest absolute Gasteiger partial charge is 0.133 e. The van der Waals surface area contributed by atoms with E-state index in [9.17, 15) is 0 Å². The van der Waals surface area contributed by atoms with Gasteiger partial charge in [0.2, 0.25) is 0 Å². The zero-order valence-corrected chi connectivity index (χ0v) is 8.14. The van der Waals surface area contributed by atoms with Crippen molar-refractivity contribution >= 4 is 0 Å². The second-order valence-electron chi connectivity index (χ2n) is 2.81. The van der Waals surface area contributed by atoms with Crippen LogP contribution in [0.25, 0.3) is 0 Å². The first-order chi connectivity index (χ1) is 5.85. The fraction of sp³-hybridized carbons (Fsp3) is 0.500. The van der Waals surface area contributed by atoms with Gasteiger partial charge in [-0.1, -0.05) is 19.9 Å². The normalized spacial score (nSPS) is 10.8. The van der Waals surface area contributed by atoms with E-state index in [0.717, 1.165) is 18.8 Å². The first-order valence-corrected chi connectivity index (χ1v) is 4.55. The Kier molecular flexibility index (Phi) is 7.49. The molecule has 0 aliphatic rings. The molecule has 0 saturated carbocycles. The van der Waals surface area contributed by atoms with Crippen molar-refractivity contribution in [1.82, 2.24) is 0 Å². The molecule has 0 bridgehead atoms. The third-order valence-corrected chi connectivity index (χ3v) is 1.91. The van der Waals surface area contributed by atoms with Crippen LogP contribution in [0.3, 0.4) is 0 Å². The van der Waals surface area contributed by atoms with Crippen molar-refractivity contribution < 1.29 is 0 Å². The minimum atomic E-state index is 0.728. The maximum Gasteiger partial charge on any atom is -0.0243 e. The average Bonchev–Trinajstić information content (AvgIpc) is 2.11. The van der Waals surface area contributed by atoms with Crippen molar-refractivity contribution in [2.24, 2.45) is 5.92 Å². The lowest BCUT2D eigenvalue weighted by Gasteiger charge is -2.06. The van der Waals surface area contributed by atoms with Crippen LogP contribution in [-0.2, 0) is 0 Å². The molecule has 0 heterocycles. The summed E-state index contributed by atoms with van der Waals surface area (Å²) in [5, 5.41) is 0. The van der Waals surface area contributed by atoms with Gasteiger partial charge in [0.15, 0.2) is 0 Å². The van der Waals surface area contributed by atoms with Crippen molar-refractivity contribution in [3.05, 3.63) is 36.3 Å². The van der Waals surface area contributed by atoms with Gasteiger partial charge in [-0.3, -0.25) is 0 Å². The Balaban J connectivity index is 3.82. The highest BCUT2D eigenvalue weighted by atomic mass is 14.0. The lowest BCUT2D eigenvalue weighted by atomic mass is 9.98. The van der Waals surface area contributed by atoms with E-state index in [1.807, 2.05) is 19.1 Å². The van der Waals surface area contributed by atoms with Crippen LogP contribution in [0, 0.1) is 5.92 Å². The zero-order valence-electron chi connectivity index (χ0n) is 8.14. The van der Waals surface area contributed by atoms with Crippen LogP contribution in [0.2, 0.25) is 0 Å². The molecule has 0 N–H and O–H groups in total. The molecule has 66 valence electrons. The Labute approximate surface area is 76.0 Å². The minimum absolute atomic E-state index is 0.728. The first-order valence-electron chi connectivity index (χ1n) is 4.55. The predicted octanol–water partition coefficient (Wildman–Crippen LogP) is 3.87. The Morgan fingerprint density at radius 1 is 1.33 bits per heavy atom. The quantitative estimate of drug-likeness (QED) is 0.538. The number of hydrogen-bond acceptors (Lipinski definition) is 0. The third kappa shape index (κ3) is 5.80. The van der Waals surface area contributed by atoms with Gasteiger partial charge in [0.05, 0.1) is 0 Å². The van der Waals surface area contributed by atoms with Crippen molar-refractivity contribution in [3.63, 3.8) is 0 Å². The van der Waals surface area contributed by atoms with Gasteiger partial charge in [-0.2, -0.15) is 0 Å². The van der Waals surface area contributed by atoms with E-state index in [2.05, 4.69) is 31.0 Å². The van der Waals surface area contributed by atoms with Crippen molar-refractivity contribution in [3.8, 4) is 0 Å². The predicted molar refractivity (Wildman–Crippen MR) is 55.1 cm³/mol. The second kappa shape index (κ2) is 8.14. The highest BCUT2D eigenvalue weighted by Crippen LogP contribution is 2.13. The second-order valence-corrected chi connectivity index (χ2v) is 2.81. The van der Waals surface area contributed by atoms with Crippen molar-refractivity contribution in [2.75, 3.05) is 0 Å². The van der Waals surface area contributed by atoms with Crippen LogP contribution in [0.1, 0.15) is 33.1 Å². The van der Waals surface area contributed by atoms with Crippen LogP contribution in [0.4, 0.5) is 0 Å². The fourth-order valence-electron chi connectivity index (χ4n) is 1.03. The maximum absolute atomic E-state index is 3.55. The smallest absolute Gasteiger partial charge is 0.0243 e. The molecule has 1 atom stereocenters. The summed E-state index contributed by atoms with van der Waals surface area (Å²) in [5.41, 5.74) is 5.90. The molecule has 0 aromatic rings. The summed E-state index contributed by atoms with van der Waals surface area (Å²) in [6.45, 7) is 7.75. The standard InChI is InChI=1S/C12H18/c1-4-7-9-11-12(6-3)10-8-5-2/h4,8-9,12H,2,6,10-11H2,1,3H3. The van der Waals surface area contributed by atoms with Gasteiger partial charge >= 0.3 is 0 Å². The van der Waals surface area contributed by atoms with Gasteiger partial charge in [0.1, 0.15) is 0 Å². The van der Waals surface area contributed by atoms with Gasteiger partial charge in [-0.05, 0) is 43.9 Å². The van der Waals surface area contributed by atoms with E-state index in [1.165, 1.54) is 6.42 Å². The Morgan fingerprint density at radius 3 is 2.50 bits per heavy atom. The van der Waals surface area contributed by atoms with E-state index >= 15 is 0 Å². The molecule has 0 aromatic heterocycles. The molecule has 0 amide bonds. The molecule has 0 radical (unpaired) electrons. The molecule has 0 saturated heterocycles. The average molecular weight is 162 g/mol. The third-order valence-electron chi connectivity index (χ3n) is 1.91. The van der Waals surface area contributed by atoms with Gasteiger partial charge in [0.25, 0.3) is 0 Å². The molecular weight excluding hydrogens is 144 g/mol. The molecule has 0 nitrogen and oxygen atoms in total. The van der Waals surface area contributed by atoms with E-state index in [0.29, 0.717) is 0 Å². The maximum atomic E-state index is 3.55. The Morgan fingerprint density at radius 2 is 2.00 bits per heavy atom. The van der Waals surface area contributed by atoms with E-state index in [4.69, 9.17) is 0 Å². The molecular formula is C12H18. The number of hydrogen-bond donors (Lipinski definition) is 0. The van der Waals surface area contributed by atoms with Crippen LogP contribution in [-0.4, -0.2) is 0 Å². The van der Waals surface area contributed by atoms with Gasteiger partial charge < -0.3 is 0 Å².